The number of rotatable bonds is 4. The largest absolute Gasteiger partial charge is 0.481 e. The number of alkyl halides is 2. The summed E-state index contributed by atoms with van der Waals surface area (Å²) in [6.45, 7) is 2.69. The van der Waals surface area contributed by atoms with E-state index in [1.165, 1.54) is 17.0 Å². The Hall–Kier alpha value is -2.76. The van der Waals surface area contributed by atoms with Gasteiger partial charge in [-0.25, -0.2) is 8.78 Å². The topological polar surface area (TPSA) is 57.6 Å². The van der Waals surface area contributed by atoms with Gasteiger partial charge in [0.15, 0.2) is 0 Å². The standard InChI is InChI=1S/C19H17F2NO3/c1-11(18(24)25)12-4-7-15(8-5-12)22-10-13-3-6-14(19(2,20)21)9-16(13)17(22)23/h3-9,11H,10H2,1-2H3,(H,24,25). The first-order valence-electron chi connectivity index (χ1n) is 7.84. The monoisotopic (exact) mass is 345 g/mol. The van der Waals surface area contributed by atoms with Crippen LogP contribution in [-0.2, 0) is 17.3 Å². The van der Waals surface area contributed by atoms with Crippen LogP contribution in [0.25, 0.3) is 0 Å². The summed E-state index contributed by atoms with van der Waals surface area (Å²) in [5.41, 5.74) is 2.02. The second kappa shape index (κ2) is 5.95. The fourth-order valence-corrected chi connectivity index (χ4v) is 2.87. The van der Waals surface area contributed by atoms with Gasteiger partial charge in [-0.2, -0.15) is 0 Å². The van der Waals surface area contributed by atoms with Crippen molar-refractivity contribution in [1.29, 1.82) is 0 Å². The highest BCUT2D eigenvalue weighted by Gasteiger charge is 2.32. The molecule has 1 aliphatic rings. The summed E-state index contributed by atoms with van der Waals surface area (Å²) in [6.07, 6.45) is 0. The van der Waals surface area contributed by atoms with Crippen LogP contribution in [0.4, 0.5) is 14.5 Å². The Bertz CT molecular complexity index is 841. The molecule has 25 heavy (non-hydrogen) atoms. The van der Waals surface area contributed by atoms with E-state index in [0.29, 0.717) is 23.4 Å². The van der Waals surface area contributed by atoms with Gasteiger partial charge in [-0.05, 0) is 36.2 Å². The summed E-state index contributed by atoms with van der Waals surface area (Å²) >= 11 is 0. The summed E-state index contributed by atoms with van der Waals surface area (Å²) in [6, 6.07) is 10.8. The minimum absolute atomic E-state index is 0.188. The van der Waals surface area contributed by atoms with Gasteiger partial charge in [-0.15, -0.1) is 0 Å². The highest BCUT2D eigenvalue weighted by atomic mass is 19.3. The first-order valence-corrected chi connectivity index (χ1v) is 7.84. The lowest BCUT2D eigenvalue weighted by Gasteiger charge is -2.17. The van der Waals surface area contributed by atoms with Crippen LogP contribution in [-0.4, -0.2) is 17.0 Å². The maximum absolute atomic E-state index is 13.5. The van der Waals surface area contributed by atoms with E-state index in [1.54, 1.807) is 37.3 Å². The van der Waals surface area contributed by atoms with Crippen molar-refractivity contribution >= 4 is 17.6 Å². The van der Waals surface area contributed by atoms with Crippen LogP contribution in [0.15, 0.2) is 42.5 Å². The molecule has 0 aliphatic carbocycles. The molecule has 1 aliphatic heterocycles. The van der Waals surface area contributed by atoms with E-state index < -0.39 is 17.8 Å². The quantitative estimate of drug-likeness (QED) is 0.906. The predicted molar refractivity (Wildman–Crippen MR) is 89.0 cm³/mol. The van der Waals surface area contributed by atoms with Gasteiger partial charge >= 0.3 is 5.97 Å². The Labute approximate surface area is 143 Å². The lowest BCUT2D eigenvalue weighted by atomic mass is 10.0. The van der Waals surface area contributed by atoms with Gasteiger partial charge in [0.2, 0.25) is 0 Å². The fourth-order valence-electron chi connectivity index (χ4n) is 2.87. The molecule has 0 spiro atoms. The third kappa shape index (κ3) is 3.12. The zero-order valence-electron chi connectivity index (χ0n) is 13.8. The molecule has 1 N–H and O–H groups in total. The van der Waals surface area contributed by atoms with E-state index in [1.807, 2.05) is 0 Å². The third-order valence-corrected chi connectivity index (χ3v) is 4.50. The maximum Gasteiger partial charge on any atom is 0.310 e. The molecule has 0 aromatic heterocycles. The lowest BCUT2D eigenvalue weighted by molar-refractivity contribution is -0.138. The summed E-state index contributed by atoms with van der Waals surface area (Å²) in [7, 11) is 0. The minimum Gasteiger partial charge on any atom is -0.481 e. The number of amides is 1. The van der Waals surface area contributed by atoms with E-state index >= 15 is 0 Å². The fraction of sp³-hybridized carbons (Fsp3) is 0.263. The number of halogens is 2. The van der Waals surface area contributed by atoms with E-state index in [9.17, 15) is 18.4 Å². The lowest BCUT2D eigenvalue weighted by Crippen LogP contribution is -2.23. The molecule has 0 saturated carbocycles. The number of hydrogen-bond donors (Lipinski definition) is 1. The van der Waals surface area contributed by atoms with Crippen molar-refractivity contribution in [1.82, 2.24) is 0 Å². The molecule has 2 aromatic carbocycles. The smallest absolute Gasteiger partial charge is 0.310 e. The molecule has 0 radical (unpaired) electrons. The van der Waals surface area contributed by atoms with Gasteiger partial charge < -0.3 is 10.0 Å². The van der Waals surface area contributed by atoms with Gasteiger partial charge in [0.1, 0.15) is 0 Å². The van der Waals surface area contributed by atoms with Crippen molar-refractivity contribution in [3.05, 3.63) is 64.7 Å². The maximum atomic E-state index is 13.5. The zero-order valence-corrected chi connectivity index (χ0v) is 13.8. The molecule has 130 valence electrons. The Morgan fingerprint density at radius 1 is 1.20 bits per heavy atom. The van der Waals surface area contributed by atoms with Crippen LogP contribution in [0.5, 0.6) is 0 Å². The first-order chi connectivity index (χ1) is 11.7. The Morgan fingerprint density at radius 2 is 1.84 bits per heavy atom. The number of anilines is 1. The van der Waals surface area contributed by atoms with Gasteiger partial charge in [0.05, 0.1) is 12.5 Å². The number of carboxylic acid groups (broad SMARTS) is 1. The minimum atomic E-state index is -3.00. The molecule has 0 saturated heterocycles. The van der Waals surface area contributed by atoms with Crippen molar-refractivity contribution in [3.8, 4) is 0 Å². The van der Waals surface area contributed by atoms with Crippen molar-refractivity contribution in [2.45, 2.75) is 32.2 Å². The molecule has 1 atom stereocenters. The third-order valence-electron chi connectivity index (χ3n) is 4.50. The highest BCUT2D eigenvalue weighted by molar-refractivity contribution is 6.10. The molecule has 4 nitrogen and oxygen atoms in total. The van der Waals surface area contributed by atoms with Gasteiger partial charge in [-0.3, -0.25) is 9.59 Å². The Kier molecular flexibility index (Phi) is 4.06. The summed E-state index contributed by atoms with van der Waals surface area (Å²) in [4.78, 5) is 25.1. The van der Waals surface area contributed by atoms with Crippen LogP contribution in [0.3, 0.4) is 0 Å². The van der Waals surface area contributed by atoms with E-state index in [4.69, 9.17) is 5.11 Å². The zero-order chi connectivity index (χ0) is 18.4. The molecule has 1 heterocycles. The van der Waals surface area contributed by atoms with Crippen LogP contribution >= 0.6 is 0 Å². The van der Waals surface area contributed by atoms with Crippen molar-refractivity contribution < 1.29 is 23.5 Å². The average Bonchev–Trinajstić information content (AvgIpc) is 2.90. The second-order valence-corrected chi connectivity index (χ2v) is 6.30. The summed E-state index contributed by atoms with van der Waals surface area (Å²) < 4.78 is 27.0. The summed E-state index contributed by atoms with van der Waals surface area (Å²) in [5, 5.41) is 9.04. The number of aliphatic carboxylic acids is 1. The van der Waals surface area contributed by atoms with Gasteiger partial charge in [0.25, 0.3) is 11.8 Å². The number of carbonyl (C=O) groups excluding carboxylic acids is 1. The normalized spacial score (nSPS) is 15.2. The van der Waals surface area contributed by atoms with Crippen LogP contribution < -0.4 is 4.90 Å². The van der Waals surface area contributed by atoms with Crippen molar-refractivity contribution in [3.63, 3.8) is 0 Å². The van der Waals surface area contributed by atoms with Crippen molar-refractivity contribution in [2.75, 3.05) is 4.90 Å². The number of carboxylic acids is 1. The molecule has 0 fully saturated rings. The highest BCUT2D eigenvalue weighted by Crippen LogP contribution is 2.34. The van der Waals surface area contributed by atoms with Gasteiger partial charge in [0, 0.05) is 23.7 Å². The number of hydrogen-bond acceptors (Lipinski definition) is 2. The van der Waals surface area contributed by atoms with E-state index in [0.717, 1.165) is 6.92 Å². The van der Waals surface area contributed by atoms with Gasteiger partial charge in [-0.1, -0.05) is 24.3 Å². The van der Waals surface area contributed by atoms with Crippen LogP contribution in [0.1, 0.15) is 46.8 Å². The molecule has 2 aromatic rings. The Morgan fingerprint density at radius 3 is 2.40 bits per heavy atom. The SMILES string of the molecule is CC(C(=O)O)c1ccc(N2Cc3ccc(C(C)(F)F)cc3C2=O)cc1. The molecular formula is C19H17F2NO3. The molecule has 1 unspecified atom stereocenters. The van der Waals surface area contributed by atoms with Crippen molar-refractivity contribution in [2.24, 2.45) is 0 Å². The summed E-state index contributed by atoms with van der Waals surface area (Å²) in [5.74, 6) is -4.91. The Balaban J connectivity index is 1.88. The first kappa shape index (κ1) is 17.1. The molecular weight excluding hydrogens is 328 g/mol. The second-order valence-electron chi connectivity index (χ2n) is 6.30. The number of benzene rings is 2. The molecule has 6 heteroatoms. The van der Waals surface area contributed by atoms with Crippen LogP contribution in [0, 0.1) is 0 Å². The van der Waals surface area contributed by atoms with E-state index in [-0.39, 0.29) is 17.0 Å². The number of nitrogens with zero attached hydrogens (tertiary/aromatic N) is 1. The number of carbonyl (C=O) groups is 2. The van der Waals surface area contributed by atoms with Crippen LogP contribution in [0.2, 0.25) is 0 Å². The number of fused-ring (bicyclic) bond motifs is 1. The predicted octanol–water partition coefficient (Wildman–Crippen LogP) is 4.15. The molecule has 1 amide bonds. The average molecular weight is 345 g/mol. The van der Waals surface area contributed by atoms with E-state index in [2.05, 4.69) is 0 Å². The molecule has 0 bridgehead atoms. The molecule has 3 rings (SSSR count).